The summed E-state index contributed by atoms with van der Waals surface area (Å²) in [7, 11) is 1.60. The molecule has 0 amide bonds. The molecule has 0 radical (unpaired) electrons. The molecule has 0 aliphatic rings. The molecule has 2 rings (SSSR count). The zero-order chi connectivity index (χ0) is 14.5. The van der Waals surface area contributed by atoms with Crippen molar-refractivity contribution in [3.8, 4) is 11.5 Å². The van der Waals surface area contributed by atoms with Crippen molar-refractivity contribution < 1.29 is 14.6 Å². The Balaban J connectivity index is 2.18. The maximum atomic E-state index is 9.21. The van der Waals surface area contributed by atoms with E-state index in [1.54, 1.807) is 13.2 Å². The first-order valence-corrected chi connectivity index (χ1v) is 7.37. The topological polar surface area (TPSA) is 38.7 Å². The molecule has 0 aromatic heterocycles. The molecule has 0 bridgehead atoms. The van der Waals surface area contributed by atoms with Gasteiger partial charge >= 0.3 is 0 Å². The maximum Gasteiger partial charge on any atom is 0.174 e. The Morgan fingerprint density at radius 2 is 1.80 bits per heavy atom. The Morgan fingerprint density at radius 3 is 2.40 bits per heavy atom. The van der Waals surface area contributed by atoms with Crippen LogP contribution >= 0.6 is 22.6 Å². The van der Waals surface area contributed by atoms with Gasteiger partial charge in [0, 0.05) is 0 Å². The minimum Gasteiger partial charge on any atom is -0.493 e. The molecule has 106 valence electrons. The molecule has 0 spiro atoms. The van der Waals surface area contributed by atoms with Crippen LogP contribution < -0.4 is 9.47 Å². The third kappa shape index (κ3) is 3.64. The highest BCUT2D eigenvalue weighted by Crippen LogP contribution is 2.34. The molecule has 4 heteroatoms. The molecule has 1 N–H and O–H groups in total. The number of hydrogen-bond donors (Lipinski definition) is 1. The highest BCUT2D eigenvalue weighted by Gasteiger charge is 2.11. The summed E-state index contributed by atoms with van der Waals surface area (Å²) in [4.78, 5) is 0. The molecule has 0 unspecified atom stereocenters. The fourth-order valence-electron chi connectivity index (χ4n) is 1.84. The van der Waals surface area contributed by atoms with Crippen LogP contribution in [0.2, 0.25) is 0 Å². The van der Waals surface area contributed by atoms with Crippen LogP contribution in [-0.2, 0) is 13.2 Å². The Morgan fingerprint density at radius 1 is 1.10 bits per heavy atom. The normalized spacial score (nSPS) is 10.4. The molecule has 3 nitrogen and oxygen atoms in total. The second-order valence-corrected chi connectivity index (χ2v) is 5.70. The van der Waals surface area contributed by atoms with Crippen molar-refractivity contribution in [3.63, 3.8) is 0 Å². The van der Waals surface area contributed by atoms with E-state index in [4.69, 9.17) is 9.47 Å². The van der Waals surface area contributed by atoms with Crippen molar-refractivity contribution in [2.75, 3.05) is 7.11 Å². The molecule has 2 aromatic rings. The van der Waals surface area contributed by atoms with E-state index in [0.29, 0.717) is 18.1 Å². The average molecular weight is 384 g/mol. The van der Waals surface area contributed by atoms with Crippen LogP contribution in [0.4, 0.5) is 0 Å². The Hall–Kier alpha value is -1.27. The van der Waals surface area contributed by atoms with Gasteiger partial charge in [0.2, 0.25) is 0 Å². The van der Waals surface area contributed by atoms with Crippen molar-refractivity contribution in [3.05, 3.63) is 56.7 Å². The van der Waals surface area contributed by atoms with Gasteiger partial charge in [-0.05, 0) is 52.8 Å². The maximum absolute atomic E-state index is 9.21. The molecular weight excluding hydrogens is 367 g/mol. The summed E-state index contributed by atoms with van der Waals surface area (Å²) >= 11 is 2.19. The second kappa shape index (κ2) is 6.95. The lowest BCUT2D eigenvalue weighted by Crippen LogP contribution is -2.01. The van der Waals surface area contributed by atoms with Crippen LogP contribution in [0, 0.1) is 10.5 Å². The van der Waals surface area contributed by atoms with Gasteiger partial charge in [-0.2, -0.15) is 0 Å². The summed E-state index contributed by atoms with van der Waals surface area (Å²) in [6.07, 6.45) is 0. The van der Waals surface area contributed by atoms with Crippen LogP contribution in [0.5, 0.6) is 11.5 Å². The summed E-state index contributed by atoms with van der Waals surface area (Å²) < 4.78 is 12.1. The minimum absolute atomic E-state index is 0.00932. The summed E-state index contributed by atoms with van der Waals surface area (Å²) in [5.74, 6) is 1.36. The number of aliphatic hydroxyl groups is 1. The molecule has 20 heavy (non-hydrogen) atoms. The first kappa shape index (κ1) is 15.1. The van der Waals surface area contributed by atoms with Crippen molar-refractivity contribution in [1.82, 2.24) is 0 Å². The first-order valence-electron chi connectivity index (χ1n) is 6.29. The largest absolute Gasteiger partial charge is 0.493 e. The highest BCUT2D eigenvalue weighted by molar-refractivity contribution is 14.1. The number of ether oxygens (including phenoxy) is 2. The summed E-state index contributed by atoms with van der Waals surface area (Å²) in [6, 6.07) is 11.9. The Kier molecular flexibility index (Phi) is 5.25. The van der Waals surface area contributed by atoms with Gasteiger partial charge in [0.1, 0.15) is 6.61 Å². The fourth-order valence-corrected chi connectivity index (χ4v) is 2.67. The molecule has 0 aliphatic heterocycles. The Bertz CT molecular complexity index is 579. The quantitative estimate of drug-likeness (QED) is 0.800. The van der Waals surface area contributed by atoms with Crippen LogP contribution in [-0.4, -0.2) is 12.2 Å². The lowest BCUT2D eigenvalue weighted by Gasteiger charge is -2.14. The standard InChI is InChI=1S/C16H17IO3/c1-11-3-5-12(6-4-11)10-20-16-14(17)7-13(9-18)8-15(16)19-2/h3-8,18H,9-10H2,1-2H3. The number of halogens is 1. The van der Waals surface area contributed by atoms with Gasteiger partial charge < -0.3 is 14.6 Å². The van der Waals surface area contributed by atoms with Gasteiger partial charge in [-0.3, -0.25) is 0 Å². The van der Waals surface area contributed by atoms with Crippen molar-refractivity contribution in [2.45, 2.75) is 20.1 Å². The summed E-state index contributed by atoms with van der Waals surface area (Å²) in [5.41, 5.74) is 3.15. The smallest absolute Gasteiger partial charge is 0.174 e. The van der Waals surface area contributed by atoms with Gasteiger partial charge in [-0.15, -0.1) is 0 Å². The van der Waals surface area contributed by atoms with Crippen LogP contribution in [0.25, 0.3) is 0 Å². The molecule has 0 heterocycles. The number of rotatable bonds is 5. The van der Waals surface area contributed by atoms with Crippen molar-refractivity contribution in [2.24, 2.45) is 0 Å². The van der Waals surface area contributed by atoms with Gasteiger partial charge in [0.25, 0.3) is 0 Å². The van der Waals surface area contributed by atoms with E-state index in [2.05, 4.69) is 53.8 Å². The number of hydrogen-bond acceptors (Lipinski definition) is 3. The number of aliphatic hydroxyl groups excluding tert-OH is 1. The fraction of sp³-hybridized carbons (Fsp3) is 0.250. The predicted octanol–water partition coefficient (Wildman–Crippen LogP) is 3.68. The van der Waals surface area contributed by atoms with Crippen LogP contribution in [0.3, 0.4) is 0 Å². The van der Waals surface area contributed by atoms with Gasteiger partial charge in [-0.1, -0.05) is 29.8 Å². The molecule has 2 aromatic carbocycles. The molecule has 0 aliphatic carbocycles. The van der Waals surface area contributed by atoms with Crippen molar-refractivity contribution >= 4 is 22.6 Å². The lowest BCUT2D eigenvalue weighted by molar-refractivity contribution is 0.273. The number of methoxy groups -OCH3 is 1. The first-order chi connectivity index (χ1) is 9.63. The Labute approximate surface area is 132 Å². The molecule has 0 atom stereocenters. The predicted molar refractivity (Wildman–Crippen MR) is 87.1 cm³/mol. The third-order valence-corrected chi connectivity index (χ3v) is 3.78. The van der Waals surface area contributed by atoms with Gasteiger partial charge in [0.15, 0.2) is 11.5 Å². The molecule has 0 saturated heterocycles. The third-order valence-electron chi connectivity index (χ3n) is 2.98. The van der Waals surface area contributed by atoms with Crippen molar-refractivity contribution in [1.29, 1.82) is 0 Å². The van der Waals surface area contributed by atoms with Crippen LogP contribution in [0.15, 0.2) is 36.4 Å². The SMILES string of the molecule is COc1cc(CO)cc(I)c1OCc1ccc(C)cc1. The van der Waals surface area contributed by atoms with Gasteiger partial charge in [-0.25, -0.2) is 0 Å². The monoisotopic (exact) mass is 384 g/mol. The van der Waals surface area contributed by atoms with E-state index < -0.39 is 0 Å². The van der Waals surface area contributed by atoms with E-state index in [1.807, 2.05) is 6.07 Å². The van der Waals surface area contributed by atoms with E-state index in [0.717, 1.165) is 14.7 Å². The number of benzene rings is 2. The van der Waals surface area contributed by atoms with E-state index in [9.17, 15) is 5.11 Å². The zero-order valence-electron chi connectivity index (χ0n) is 11.5. The average Bonchev–Trinajstić information content (AvgIpc) is 2.47. The van der Waals surface area contributed by atoms with E-state index in [-0.39, 0.29) is 6.61 Å². The molecule has 0 fully saturated rings. The summed E-state index contributed by atoms with van der Waals surface area (Å²) in [5, 5.41) is 9.21. The van der Waals surface area contributed by atoms with Crippen LogP contribution in [0.1, 0.15) is 16.7 Å². The second-order valence-electron chi connectivity index (χ2n) is 4.54. The van der Waals surface area contributed by atoms with Gasteiger partial charge in [0.05, 0.1) is 17.3 Å². The van der Waals surface area contributed by atoms with E-state index in [1.165, 1.54) is 5.56 Å². The lowest BCUT2D eigenvalue weighted by atomic mass is 10.1. The highest BCUT2D eigenvalue weighted by atomic mass is 127. The number of aryl methyl sites for hydroxylation is 1. The molecular formula is C16H17IO3. The van der Waals surface area contributed by atoms with E-state index >= 15 is 0 Å². The zero-order valence-corrected chi connectivity index (χ0v) is 13.7. The summed E-state index contributed by atoms with van der Waals surface area (Å²) in [6.45, 7) is 2.54. The molecule has 0 saturated carbocycles. The minimum atomic E-state index is -0.00932.